The van der Waals surface area contributed by atoms with Gasteiger partial charge in [0.05, 0.1) is 19.3 Å². The Balaban J connectivity index is -0.000000218. The van der Waals surface area contributed by atoms with Crippen molar-refractivity contribution in [2.24, 2.45) is 17.8 Å². The summed E-state index contributed by atoms with van der Waals surface area (Å²) >= 11 is 0. The van der Waals surface area contributed by atoms with Crippen molar-refractivity contribution in [3.63, 3.8) is 0 Å². The van der Waals surface area contributed by atoms with Crippen LogP contribution in [0, 0.1) is 17.8 Å². The van der Waals surface area contributed by atoms with E-state index in [4.69, 9.17) is 0 Å². The van der Waals surface area contributed by atoms with Crippen LogP contribution in [0.15, 0.2) is 0 Å². The van der Waals surface area contributed by atoms with E-state index < -0.39 is 54.5 Å². The average molecular weight is 569 g/mol. The number of aliphatic carboxylic acids is 3. The Morgan fingerprint density at radius 2 is 0.595 bits per heavy atom. The molecule has 0 saturated heterocycles. The quantitative estimate of drug-likeness (QED) is 0.118. The molecule has 0 heterocycles. The molecule has 0 aliphatic heterocycles. The molecular weight excluding hydrogens is 536 g/mol. The van der Waals surface area contributed by atoms with Crippen LogP contribution >= 0.6 is 0 Å². The summed E-state index contributed by atoms with van der Waals surface area (Å²) in [6.45, 7) is 10.9. The molecule has 13 heteroatoms. The van der Waals surface area contributed by atoms with Crippen LogP contribution in [-0.4, -0.2) is 52.6 Å². The standard InChI is InChI=1S/3C8H12O4.Fe/c3*1-5(2)3-6(9)4-7(10)8(11)12;/h3*5H,3-4H2,1-2H3,(H,11,12);/q;;;+3/p-3. The van der Waals surface area contributed by atoms with Crippen molar-refractivity contribution >= 4 is 52.6 Å². The molecule has 0 aliphatic carbocycles. The Morgan fingerprint density at radius 1 is 0.432 bits per heavy atom. The normalized spacial score (nSPS) is 9.65. The zero-order valence-electron chi connectivity index (χ0n) is 21.7. The molecule has 0 saturated carbocycles. The summed E-state index contributed by atoms with van der Waals surface area (Å²) in [6.07, 6.45) is -0.918. The molecule has 0 fully saturated rings. The van der Waals surface area contributed by atoms with E-state index in [2.05, 4.69) is 0 Å². The van der Waals surface area contributed by atoms with Gasteiger partial charge in [0.2, 0.25) is 0 Å². The zero-order valence-corrected chi connectivity index (χ0v) is 22.8. The van der Waals surface area contributed by atoms with E-state index in [1.165, 1.54) is 0 Å². The van der Waals surface area contributed by atoms with Crippen LogP contribution in [0.4, 0.5) is 0 Å². The molecule has 0 aromatic heterocycles. The van der Waals surface area contributed by atoms with Gasteiger partial charge in [0, 0.05) is 19.3 Å². The summed E-state index contributed by atoms with van der Waals surface area (Å²) in [5.74, 6) is -9.38. The minimum absolute atomic E-state index is 0. The predicted octanol–water partition coefficient (Wildman–Crippen LogP) is -2.07. The third kappa shape index (κ3) is 29.1. The van der Waals surface area contributed by atoms with Gasteiger partial charge in [-0.3, -0.25) is 28.8 Å². The molecule has 0 spiro atoms. The summed E-state index contributed by atoms with van der Waals surface area (Å²) < 4.78 is 0. The molecule has 209 valence electrons. The molecule has 0 amide bonds. The van der Waals surface area contributed by atoms with E-state index >= 15 is 0 Å². The van der Waals surface area contributed by atoms with Crippen molar-refractivity contribution < 1.29 is 75.5 Å². The number of carboxylic acid groups (broad SMARTS) is 3. The fourth-order valence-corrected chi connectivity index (χ4v) is 2.34. The first-order chi connectivity index (χ1) is 16.3. The van der Waals surface area contributed by atoms with Crippen LogP contribution in [0.2, 0.25) is 0 Å². The summed E-state index contributed by atoms with van der Waals surface area (Å²) in [4.78, 5) is 93.6. The first-order valence-electron chi connectivity index (χ1n) is 11.1. The second-order valence-electron chi connectivity index (χ2n) is 9.07. The second kappa shape index (κ2) is 22.2. The van der Waals surface area contributed by atoms with Crippen LogP contribution in [0.5, 0.6) is 0 Å². The van der Waals surface area contributed by atoms with Gasteiger partial charge in [-0.1, -0.05) is 41.5 Å². The minimum atomic E-state index is -1.79. The second-order valence-corrected chi connectivity index (χ2v) is 9.07. The molecule has 0 aromatic rings. The molecule has 0 aromatic carbocycles. The third-order valence-corrected chi connectivity index (χ3v) is 3.66. The van der Waals surface area contributed by atoms with Crippen molar-refractivity contribution in [2.45, 2.75) is 80.1 Å². The number of Topliss-reactive ketones (excluding diaryl/α,β-unsaturated/α-hetero) is 6. The molecule has 12 nitrogen and oxygen atoms in total. The predicted molar refractivity (Wildman–Crippen MR) is 117 cm³/mol. The molecule has 0 bridgehead atoms. The fourth-order valence-electron chi connectivity index (χ4n) is 2.34. The first-order valence-corrected chi connectivity index (χ1v) is 11.1. The van der Waals surface area contributed by atoms with Crippen molar-refractivity contribution in [2.75, 3.05) is 0 Å². The Kier molecular flexibility index (Phi) is 24.6. The summed E-state index contributed by atoms with van der Waals surface area (Å²) in [6, 6.07) is 0. The summed E-state index contributed by atoms with van der Waals surface area (Å²) in [5.41, 5.74) is 0. The van der Waals surface area contributed by atoms with Gasteiger partial charge in [-0.05, 0) is 17.8 Å². The van der Waals surface area contributed by atoms with E-state index in [9.17, 15) is 58.5 Å². The largest absolute Gasteiger partial charge is 3.00 e. The van der Waals surface area contributed by atoms with Gasteiger partial charge in [0.25, 0.3) is 0 Å². The average Bonchev–Trinajstić information content (AvgIpc) is 2.66. The maximum absolute atomic E-state index is 10.9. The van der Waals surface area contributed by atoms with Gasteiger partial charge in [-0.15, -0.1) is 0 Å². The van der Waals surface area contributed by atoms with Crippen LogP contribution < -0.4 is 15.3 Å². The third-order valence-electron chi connectivity index (χ3n) is 3.66. The van der Waals surface area contributed by atoms with Crippen LogP contribution in [0.1, 0.15) is 80.1 Å². The maximum atomic E-state index is 10.9. The maximum Gasteiger partial charge on any atom is 3.00 e. The van der Waals surface area contributed by atoms with E-state index in [0.717, 1.165) is 0 Å². The Labute approximate surface area is 226 Å². The fraction of sp³-hybridized carbons (Fsp3) is 0.625. The van der Waals surface area contributed by atoms with Gasteiger partial charge in [0.15, 0.2) is 17.3 Å². The number of hydrogen-bond acceptors (Lipinski definition) is 12. The van der Waals surface area contributed by atoms with Crippen molar-refractivity contribution in [1.29, 1.82) is 0 Å². The van der Waals surface area contributed by atoms with Crippen molar-refractivity contribution in [3.8, 4) is 0 Å². The summed E-state index contributed by atoms with van der Waals surface area (Å²) in [5, 5.41) is 29.7. The van der Waals surface area contributed by atoms with Gasteiger partial charge in [-0.25, -0.2) is 0 Å². The number of ketones is 6. The van der Waals surface area contributed by atoms with E-state index in [1.807, 2.05) is 41.5 Å². The number of carbonyl (C=O) groups excluding carboxylic acids is 9. The molecule has 0 aliphatic rings. The van der Waals surface area contributed by atoms with Gasteiger partial charge < -0.3 is 29.7 Å². The van der Waals surface area contributed by atoms with Crippen LogP contribution in [-0.2, 0) is 60.2 Å². The van der Waals surface area contributed by atoms with Crippen LogP contribution in [0.25, 0.3) is 0 Å². The molecule has 0 N–H and O–H groups in total. The first kappa shape index (κ1) is 41.1. The smallest absolute Gasteiger partial charge is 0.542 e. The molecule has 0 unspecified atom stereocenters. The number of carboxylic acids is 3. The number of rotatable bonds is 15. The molecule has 0 atom stereocenters. The summed E-state index contributed by atoms with van der Waals surface area (Å²) in [7, 11) is 0. The van der Waals surface area contributed by atoms with E-state index in [1.54, 1.807) is 0 Å². The van der Waals surface area contributed by atoms with E-state index in [-0.39, 0.29) is 71.4 Å². The molecule has 0 rings (SSSR count). The van der Waals surface area contributed by atoms with E-state index in [0.29, 0.717) is 0 Å². The number of carbonyl (C=O) groups is 9. The number of hydrogen-bond donors (Lipinski definition) is 0. The molecular formula is C24H33FeO12. The zero-order chi connectivity index (χ0) is 29.2. The Morgan fingerprint density at radius 3 is 0.703 bits per heavy atom. The topological polar surface area (TPSA) is 223 Å². The molecule has 37 heavy (non-hydrogen) atoms. The minimum Gasteiger partial charge on any atom is -0.542 e. The van der Waals surface area contributed by atoms with Gasteiger partial charge >= 0.3 is 17.1 Å². The van der Waals surface area contributed by atoms with Crippen molar-refractivity contribution in [1.82, 2.24) is 0 Å². The van der Waals surface area contributed by atoms with Crippen molar-refractivity contribution in [3.05, 3.63) is 0 Å². The SMILES string of the molecule is CC(C)CC(=O)CC(=O)C(=O)[O-].CC(C)CC(=O)CC(=O)C(=O)[O-].CC(C)CC(=O)CC(=O)C(=O)[O-].[Fe+3]. The Hall–Kier alpha value is -3.05. The van der Waals surface area contributed by atoms with Gasteiger partial charge in [-0.2, -0.15) is 0 Å². The molecule has 1 radical (unpaired) electrons. The monoisotopic (exact) mass is 569 g/mol. The Bertz CT molecular complexity index is 731. The van der Waals surface area contributed by atoms with Gasteiger partial charge in [0.1, 0.15) is 35.3 Å². The van der Waals surface area contributed by atoms with Crippen LogP contribution in [0.3, 0.4) is 0 Å².